The lowest BCUT2D eigenvalue weighted by atomic mass is 9.98. The molecule has 0 spiro atoms. The molecule has 0 aliphatic carbocycles. The molecule has 0 unspecified atom stereocenters. The lowest BCUT2D eigenvalue weighted by Gasteiger charge is -2.47. The number of rotatable bonds is 7. The third-order valence-electron chi connectivity index (χ3n) is 7.07. The highest BCUT2D eigenvalue weighted by atomic mass is 127. The fraction of sp³-hybridized carbons (Fsp3) is 0.538. The summed E-state index contributed by atoms with van der Waals surface area (Å²) in [6.45, 7) is 11.0. The summed E-state index contributed by atoms with van der Waals surface area (Å²) in [4.78, 5) is 24.3. The molecule has 1 amide bonds. The molecule has 4 rings (SSSR count). The summed E-state index contributed by atoms with van der Waals surface area (Å²) in [5, 5.41) is 3.36. The molecule has 6 nitrogen and oxygen atoms in total. The van der Waals surface area contributed by atoms with Gasteiger partial charge in [-0.05, 0) is 85.6 Å². The van der Waals surface area contributed by atoms with E-state index in [0.29, 0.717) is 29.2 Å². The standard InChI is InChI=1S/C26H35ClIN5O/c1-3-22-18-32(25-24(27)15-20(16-30-25)26(34)29-4-2)13-14-33(22)23-9-11-31(12-10-23)17-19-5-7-21(28)8-6-19/h5-8,15-16,22-23H,3-4,9-14,17-18H2,1-2H3,(H,29,34)/t22-/m0/s1. The number of anilines is 1. The minimum absolute atomic E-state index is 0.131. The second-order valence-electron chi connectivity index (χ2n) is 9.27. The molecule has 1 N–H and O–H groups in total. The SMILES string of the molecule is CCNC(=O)c1cnc(N2CCN(C3CCN(Cc4ccc(I)cc4)CC3)[C@@H](CC)C2)c(Cl)c1. The van der Waals surface area contributed by atoms with Crippen LogP contribution < -0.4 is 10.2 Å². The molecule has 0 saturated carbocycles. The molecule has 34 heavy (non-hydrogen) atoms. The first-order valence-electron chi connectivity index (χ1n) is 12.4. The van der Waals surface area contributed by atoms with Crippen LogP contribution in [0.1, 0.15) is 49.0 Å². The van der Waals surface area contributed by atoms with Crippen LogP contribution in [0.3, 0.4) is 0 Å². The maximum Gasteiger partial charge on any atom is 0.252 e. The fourth-order valence-corrected chi connectivity index (χ4v) is 5.86. The number of carbonyl (C=O) groups excluding carboxylic acids is 1. The Morgan fingerprint density at radius 3 is 2.53 bits per heavy atom. The van der Waals surface area contributed by atoms with Crippen molar-refractivity contribution in [1.82, 2.24) is 20.1 Å². The maximum absolute atomic E-state index is 12.1. The molecule has 8 heteroatoms. The number of halogens is 2. The van der Waals surface area contributed by atoms with Gasteiger partial charge in [-0.25, -0.2) is 4.98 Å². The lowest BCUT2D eigenvalue weighted by Crippen LogP contribution is -2.58. The van der Waals surface area contributed by atoms with Crippen LogP contribution in [0.25, 0.3) is 0 Å². The van der Waals surface area contributed by atoms with Crippen LogP contribution in [0.5, 0.6) is 0 Å². The number of piperidine rings is 1. The predicted octanol–water partition coefficient (Wildman–Crippen LogP) is 4.65. The van der Waals surface area contributed by atoms with Crippen molar-refractivity contribution in [3.05, 3.63) is 56.2 Å². The minimum Gasteiger partial charge on any atom is -0.353 e. The average Bonchev–Trinajstić information content (AvgIpc) is 2.85. The van der Waals surface area contributed by atoms with E-state index >= 15 is 0 Å². The van der Waals surface area contributed by atoms with Gasteiger partial charge in [0.15, 0.2) is 0 Å². The Balaban J connectivity index is 1.33. The number of nitrogens with zero attached hydrogens (tertiary/aromatic N) is 4. The predicted molar refractivity (Wildman–Crippen MR) is 148 cm³/mol. The van der Waals surface area contributed by atoms with Crippen molar-refractivity contribution in [2.24, 2.45) is 0 Å². The largest absolute Gasteiger partial charge is 0.353 e. The van der Waals surface area contributed by atoms with Crippen LogP contribution in [-0.2, 0) is 6.54 Å². The molecular weight excluding hydrogens is 561 g/mol. The molecule has 2 aliphatic rings. The van der Waals surface area contributed by atoms with Crippen molar-refractivity contribution in [3.8, 4) is 0 Å². The minimum atomic E-state index is -0.131. The third kappa shape index (κ3) is 6.22. The lowest BCUT2D eigenvalue weighted by molar-refractivity contribution is 0.0610. The Labute approximate surface area is 222 Å². The molecule has 1 aromatic heterocycles. The summed E-state index contributed by atoms with van der Waals surface area (Å²) in [6, 6.07) is 11.8. The van der Waals surface area contributed by atoms with Gasteiger partial charge < -0.3 is 10.2 Å². The van der Waals surface area contributed by atoms with Crippen molar-refractivity contribution in [1.29, 1.82) is 0 Å². The topological polar surface area (TPSA) is 51.7 Å². The molecule has 1 atom stereocenters. The van der Waals surface area contributed by atoms with Crippen LogP contribution in [0.2, 0.25) is 5.02 Å². The molecule has 184 valence electrons. The van der Waals surface area contributed by atoms with E-state index in [9.17, 15) is 4.79 Å². The van der Waals surface area contributed by atoms with Gasteiger partial charge >= 0.3 is 0 Å². The summed E-state index contributed by atoms with van der Waals surface area (Å²) < 4.78 is 1.29. The van der Waals surface area contributed by atoms with Crippen LogP contribution in [0.4, 0.5) is 5.82 Å². The van der Waals surface area contributed by atoms with Crippen molar-refractivity contribution in [2.75, 3.05) is 44.2 Å². The average molecular weight is 596 g/mol. The smallest absolute Gasteiger partial charge is 0.252 e. The number of piperazine rings is 1. The molecular formula is C26H35ClIN5O. The van der Waals surface area contributed by atoms with Crippen molar-refractivity contribution >= 4 is 45.9 Å². The number of hydrogen-bond acceptors (Lipinski definition) is 5. The third-order valence-corrected chi connectivity index (χ3v) is 8.06. The monoisotopic (exact) mass is 595 g/mol. The van der Waals surface area contributed by atoms with E-state index in [4.69, 9.17) is 11.6 Å². The van der Waals surface area contributed by atoms with E-state index in [1.165, 1.54) is 22.0 Å². The van der Waals surface area contributed by atoms with Gasteiger partial charge in [0, 0.05) is 54.6 Å². The van der Waals surface area contributed by atoms with Crippen molar-refractivity contribution in [2.45, 2.75) is 51.7 Å². The zero-order valence-corrected chi connectivity index (χ0v) is 23.1. The van der Waals surface area contributed by atoms with Gasteiger partial charge in [0.05, 0.1) is 10.6 Å². The second kappa shape index (κ2) is 12.0. The number of amides is 1. The summed E-state index contributed by atoms with van der Waals surface area (Å²) in [5.41, 5.74) is 1.92. The van der Waals surface area contributed by atoms with E-state index < -0.39 is 0 Å². The first-order chi connectivity index (χ1) is 16.5. The number of benzene rings is 1. The van der Waals surface area contributed by atoms with E-state index in [0.717, 1.165) is 51.5 Å². The maximum atomic E-state index is 12.1. The highest BCUT2D eigenvalue weighted by Crippen LogP contribution is 2.29. The van der Waals surface area contributed by atoms with Gasteiger partial charge in [-0.15, -0.1) is 0 Å². The highest BCUT2D eigenvalue weighted by molar-refractivity contribution is 14.1. The molecule has 2 aliphatic heterocycles. The van der Waals surface area contributed by atoms with Crippen molar-refractivity contribution < 1.29 is 4.79 Å². The Hall–Kier alpha value is -1.42. The van der Waals surface area contributed by atoms with Crippen LogP contribution in [-0.4, -0.2) is 72.0 Å². The van der Waals surface area contributed by atoms with E-state index in [1.54, 1.807) is 12.3 Å². The molecule has 3 heterocycles. The van der Waals surface area contributed by atoms with E-state index in [-0.39, 0.29) is 5.91 Å². The quantitative estimate of drug-likeness (QED) is 0.472. The number of hydrogen-bond donors (Lipinski definition) is 1. The zero-order chi connectivity index (χ0) is 24.1. The molecule has 1 aromatic carbocycles. The fourth-order valence-electron chi connectivity index (χ4n) is 5.21. The Morgan fingerprint density at radius 1 is 1.15 bits per heavy atom. The van der Waals surface area contributed by atoms with Gasteiger partial charge in [-0.3, -0.25) is 14.6 Å². The molecule has 0 radical (unpaired) electrons. The highest BCUT2D eigenvalue weighted by Gasteiger charge is 2.34. The normalized spacial score (nSPS) is 20.5. The van der Waals surface area contributed by atoms with E-state index in [2.05, 4.69) is 78.8 Å². The van der Waals surface area contributed by atoms with Crippen LogP contribution >= 0.6 is 34.2 Å². The van der Waals surface area contributed by atoms with Gasteiger partial charge in [-0.2, -0.15) is 0 Å². The number of carbonyl (C=O) groups is 1. The van der Waals surface area contributed by atoms with Gasteiger partial charge in [0.2, 0.25) is 0 Å². The van der Waals surface area contributed by atoms with Gasteiger partial charge in [0.1, 0.15) is 5.82 Å². The summed E-state index contributed by atoms with van der Waals surface area (Å²) >= 11 is 8.93. The molecule has 2 fully saturated rings. The molecule has 0 bridgehead atoms. The van der Waals surface area contributed by atoms with Crippen molar-refractivity contribution in [3.63, 3.8) is 0 Å². The number of aromatic nitrogens is 1. The summed E-state index contributed by atoms with van der Waals surface area (Å²) in [6.07, 6.45) is 5.19. The Kier molecular flexibility index (Phi) is 9.07. The van der Waals surface area contributed by atoms with E-state index in [1.807, 2.05) is 6.92 Å². The van der Waals surface area contributed by atoms with Crippen LogP contribution in [0.15, 0.2) is 36.5 Å². The zero-order valence-electron chi connectivity index (χ0n) is 20.1. The van der Waals surface area contributed by atoms with Gasteiger partial charge in [0.25, 0.3) is 5.91 Å². The summed E-state index contributed by atoms with van der Waals surface area (Å²) in [7, 11) is 0. The number of pyridine rings is 1. The van der Waals surface area contributed by atoms with Gasteiger partial charge in [-0.1, -0.05) is 30.7 Å². The summed E-state index contributed by atoms with van der Waals surface area (Å²) in [5.74, 6) is 0.660. The Morgan fingerprint density at radius 2 is 1.88 bits per heavy atom. The second-order valence-corrected chi connectivity index (χ2v) is 10.9. The number of likely N-dealkylation sites (tertiary alicyclic amines) is 1. The molecule has 2 aromatic rings. The van der Waals surface area contributed by atoms with Crippen LogP contribution in [0, 0.1) is 3.57 Å². The first kappa shape index (κ1) is 25.7. The number of nitrogens with one attached hydrogen (secondary N) is 1. The Bertz CT molecular complexity index is 964. The first-order valence-corrected chi connectivity index (χ1v) is 13.8. The molecule has 2 saturated heterocycles.